The molecule has 1 aromatic carbocycles. The summed E-state index contributed by atoms with van der Waals surface area (Å²) in [6.07, 6.45) is 2.78. The Labute approximate surface area is 146 Å². The summed E-state index contributed by atoms with van der Waals surface area (Å²) in [5, 5.41) is 0. The number of sulfonamides is 1. The molecule has 1 aliphatic heterocycles. The van der Waals surface area contributed by atoms with Gasteiger partial charge in [-0.3, -0.25) is 0 Å². The van der Waals surface area contributed by atoms with E-state index in [2.05, 4.69) is 15.9 Å². The van der Waals surface area contributed by atoms with Gasteiger partial charge in [0.2, 0.25) is 10.0 Å². The molecule has 0 amide bonds. The molecule has 0 bridgehead atoms. The molecule has 2 rings (SSSR count). The quantitative estimate of drug-likeness (QED) is 0.805. The van der Waals surface area contributed by atoms with Crippen molar-refractivity contribution in [2.45, 2.75) is 24.2 Å². The molecule has 0 spiro atoms. The average molecular weight is 414 g/mol. The summed E-state index contributed by atoms with van der Waals surface area (Å²) in [7, 11) is -2.06. The maximum absolute atomic E-state index is 12.9. The van der Waals surface area contributed by atoms with Crippen molar-refractivity contribution < 1.29 is 13.2 Å². The zero-order valence-corrected chi connectivity index (χ0v) is 15.7. The second kappa shape index (κ2) is 8.49. The molecule has 0 aliphatic carbocycles. The highest BCUT2D eigenvalue weighted by molar-refractivity contribution is 9.10. The third kappa shape index (κ3) is 4.35. The van der Waals surface area contributed by atoms with E-state index in [1.54, 1.807) is 22.5 Å². The highest BCUT2D eigenvalue weighted by Gasteiger charge is 2.32. The fourth-order valence-corrected chi connectivity index (χ4v) is 4.96. The molecule has 1 aromatic rings. The molecule has 1 heterocycles. The minimum absolute atomic E-state index is 0. The van der Waals surface area contributed by atoms with Crippen molar-refractivity contribution in [1.29, 1.82) is 0 Å². The van der Waals surface area contributed by atoms with Gasteiger partial charge < -0.3 is 10.5 Å². The van der Waals surface area contributed by atoms with Gasteiger partial charge in [0, 0.05) is 17.6 Å². The molecule has 22 heavy (non-hydrogen) atoms. The largest absolute Gasteiger partial charge is 0.495 e. The van der Waals surface area contributed by atoms with E-state index < -0.39 is 10.0 Å². The maximum Gasteiger partial charge on any atom is 0.246 e. The number of halogens is 2. The number of nitrogens with zero attached hydrogens (tertiary/aromatic N) is 1. The normalized spacial score (nSPS) is 19.5. The monoisotopic (exact) mass is 412 g/mol. The van der Waals surface area contributed by atoms with Crippen LogP contribution in [0.5, 0.6) is 5.75 Å². The molecular weight excluding hydrogens is 392 g/mol. The number of hydrogen-bond acceptors (Lipinski definition) is 4. The van der Waals surface area contributed by atoms with Crippen LogP contribution in [0.15, 0.2) is 27.6 Å². The number of ether oxygens (including phenoxy) is 1. The first kappa shape index (κ1) is 19.7. The second-order valence-corrected chi connectivity index (χ2v) is 8.07. The zero-order chi connectivity index (χ0) is 15.5. The molecular formula is C14H22BrClN2O3S. The minimum atomic E-state index is -3.54. The van der Waals surface area contributed by atoms with Crippen molar-refractivity contribution in [3.05, 3.63) is 22.7 Å². The van der Waals surface area contributed by atoms with Crippen LogP contribution in [0, 0.1) is 5.92 Å². The van der Waals surface area contributed by atoms with E-state index in [0.717, 1.165) is 23.7 Å². The second-order valence-electron chi connectivity index (χ2n) is 5.24. The number of methoxy groups -OCH3 is 1. The number of benzene rings is 1. The molecule has 2 N–H and O–H groups in total. The zero-order valence-electron chi connectivity index (χ0n) is 12.5. The maximum atomic E-state index is 12.9. The highest BCUT2D eigenvalue weighted by atomic mass is 79.9. The van der Waals surface area contributed by atoms with E-state index in [9.17, 15) is 8.42 Å². The van der Waals surface area contributed by atoms with Crippen LogP contribution < -0.4 is 10.5 Å². The lowest BCUT2D eigenvalue weighted by atomic mass is 9.96. The van der Waals surface area contributed by atoms with E-state index in [-0.39, 0.29) is 17.3 Å². The fourth-order valence-electron chi connectivity index (χ4n) is 2.71. The van der Waals surface area contributed by atoms with E-state index in [4.69, 9.17) is 10.5 Å². The topological polar surface area (TPSA) is 72.6 Å². The summed E-state index contributed by atoms with van der Waals surface area (Å²) >= 11 is 3.32. The SMILES string of the molecule is COc1ccc(Br)cc1S(=O)(=O)N1CCCC(CCN)C1.Cl. The van der Waals surface area contributed by atoms with E-state index in [1.807, 2.05) is 0 Å². The fraction of sp³-hybridized carbons (Fsp3) is 0.571. The Balaban J connectivity index is 0.00000242. The van der Waals surface area contributed by atoms with Crippen LogP contribution in [0.1, 0.15) is 19.3 Å². The average Bonchev–Trinajstić information content (AvgIpc) is 2.48. The van der Waals surface area contributed by atoms with Crippen molar-refractivity contribution in [3.63, 3.8) is 0 Å². The van der Waals surface area contributed by atoms with Gasteiger partial charge in [-0.05, 0) is 49.9 Å². The Morgan fingerprint density at radius 2 is 2.18 bits per heavy atom. The van der Waals surface area contributed by atoms with Crippen LogP contribution in [0.3, 0.4) is 0 Å². The van der Waals surface area contributed by atoms with Crippen LogP contribution in [-0.2, 0) is 10.0 Å². The van der Waals surface area contributed by atoms with Crippen molar-refractivity contribution in [1.82, 2.24) is 4.31 Å². The molecule has 5 nitrogen and oxygen atoms in total. The number of rotatable bonds is 5. The molecule has 8 heteroatoms. The van der Waals surface area contributed by atoms with Crippen LogP contribution >= 0.6 is 28.3 Å². The van der Waals surface area contributed by atoms with E-state index in [1.165, 1.54) is 7.11 Å². The summed E-state index contributed by atoms with van der Waals surface area (Å²) in [6.45, 7) is 1.69. The Kier molecular flexibility index (Phi) is 7.61. The minimum Gasteiger partial charge on any atom is -0.495 e. The van der Waals surface area contributed by atoms with Gasteiger partial charge in [0.15, 0.2) is 0 Å². The van der Waals surface area contributed by atoms with Crippen LogP contribution in [0.4, 0.5) is 0 Å². The number of piperidine rings is 1. The van der Waals surface area contributed by atoms with Gasteiger partial charge in [-0.15, -0.1) is 12.4 Å². The van der Waals surface area contributed by atoms with Crippen molar-refractivity contribution in [3.8, 4) is 5.75 Å². The molecule has 0 aromatic heterocycles. The number of nitrogens with two attached hydrogens (primary N) is 1. The molecule has 1 saturated heterocycles. The number of hydrogen-bond donors (Lipinski definition) is 1. The molecule has 126 valence electrons. The first-order chi connectivity index (χ1) is 9.98. The van der Waals surface area contributed by atoms with Crippen molar-refractivity contribution in [2.75, 3.05) is 26.7 Å². The Hall–Kier alpha value is -0.340. The lowest BCUT2D eigenvalue weighted by molar-refractivity contribution is 0.257. The molecule has 1 aliphatic rings. The van der Waals surface area contributed by atoms with E-state index in [0.29, 0.717) is 31.3 Å². The standard InChI is InChI=1S/C14H21BrN2O3S.ClH/c1-20-13-5-4-12(15)9-14(13)21(18,19)17-8-2-3-11(10-17)6-7-16;/h4-5,9,11H,2-3,6-8,10,16H2,1H3;1H. The van der Waals surface area contributed by atoms with Crippen molar-refractivity contribution >= 4 is 38.4 Å². The smallest absolute Gasteiger partial charge is 0.246 e. The molecule has 0 saturated carbocycles. The third-order valence-electron chi connectivity index (χ3n) is 3.80. The van der Waals surface area contributed by atoms with Gasteiger partial charge in [-0.1, -0.05) is 15.9 Å². The van der Waals surface area contributed by atoms with Gasteiger partial charge >= 0.3 is 0 Å². The Morgan fingerprint density at radius 1 is 1.45 bits per heavy atom. The van der Waals surface area contributed by atoms with Gasteiger partial charge in [0.1, 0.15) is 10.6 Å². The van der Waals surface area contributed by atoms with Gasteiger partial charge in [-0.2, -0.15) is 4.31 Å². The van der Waals surface area contributed by atoms with Gasteiger partial charge in [-0.25, -0.2) is 8.42 Å². The molecule has 1 unspecified atom stereocenters. The highest BCUT2D eigenvalue weighted by Crippen LogP contribution is 2.32. The Bertz CT molecular complexity index is 596. The van der Waals surface area contributed by atoms with Gasteiger partial charge in [0.25, 0.3) is 0 Å². The summed E-state index contributed by atoms with van der Waals surface area (Å²) in [5.74, 6) is 0.718. The first-order valence-corrected chi connectivity index (χ1v) is 9.26. The molecule has 0 radical (unpaired) electrons. The summed E-state index contributed by atoms with van der Waals surface area (Å²) in [6, 6.07) is 5.03. The van der Waals surface area contributed by atoms with Crippen molar-refractivity contribution in [2.24, 2.45) is 11.7 Å². The van der Waals surface area contributed by atoms with Crippen LogP contribution in [0.25, 0.3) is 0 Å². The predicted molar refractivity (Wildman–Crippen MR) is 93.1 cm³/mol. The van der Waals surface area contributed by atoms with Gasteiger partial charge in [0.05, 0.1) is 7.11 Å². The summed E-state index contributed by atoms with van der Waals surface area (Å²) in [4.78, 5) is 0.216. The van der Waals surface area contributed by atoms with Crippen LogP contribution in [-0.4, -0.2) is 39.5 Å². The Morgan fingerprint density at radius 3 is 2.82 bits per heavy atom. The molecule has 1 atom stereocenters. The summed E-state index contributed by atoms with van der Waals surface area (Å²) in [5.41, 5.74) is 5.60. The predicted octanol–water partition coefficient (Wildman–Crippen LogP) is 2.63. The molecule has 1 fully saturated rings. The van der Waals surface area contributed by atoms with E-state index >= 15 is 0 Å². The lowest BCUT2D eigenvalue weighted by Gasteiger charge is -2.32. The first-order valence-electron chi connectivity index (χ1n) is 7.02. The lowest BCUT2D eigenvalue weighted by Crippen LogP contribution is -2.40. The third-order valence-corrected chi connectivity index (χ3v) is 6.18. The summed E-state index contributed by atoms with van der Waals surface area (Å²) < 4.78 is 33.2. The van der Waals surface area contributed by atoms with Crippen LogP contribution in [0.2, 0.25) is 0 Å².